The molecular formula is C6H8S2Sn. The van der Waals surface area contributed by atoms with Gasteiger partial charge in [0.05, 0.1) is 0 Å². The Hall–Kier alpha value is 0.979. The van der Waals surface area contributed by atoms with Crippen LogP contribution in [0.1, 0.15) is 0 Å². The molecule has 1 rings (SSSR count). The van der Waals surface area contributed by atoms with Crippen LogP contribution in [0.5, 0.6) is 0 Å². The van der Waals surface area contributed by atoms with Gasteiger partial charge in [-0.05, 0) is 0 Å². The topological polar surface area (TPSA) is 0 Å². The summed E-state index contributed by atoms with van der Waals surface area (Å²) in [4.78, 5) is 0. The minimum atomic E-state index is -0.0840. The average Bonchev–Trinajstić information content (AvgIpc) is 1.65. The van der Waals surface area contributed by atoms with E-state index in [4.69, 9.17) is 0 Å². The smallest absolute Gasteiger partial charge is 2.00 e. The van der Waals surface area contributed by atoms with Crippen LogP contribution in [-0.4, -0.2) is 27.7 Å². The Kier molecular flexibility index (Phi) is 5.26. The molecule has 0 aliphatic carbocycles. The zero-order valence-corrected chi connectivity index (χ0v) is 9.53. The van der Waals surface area contributed by atoms with Gasteiger partial charge in [0, 0.05) is 0 Å². The molecule has 0 spiro atoms. The fourth-order valence-electron chi connectivity index (χ4n) is 0.573. The summed E-state index contributed by atoms with van der Waals surface area (Å²) in [5.74, 6) is 0. The summed E-state index contributed by atoms with van der Waals surface area (Å²) in [5, 5.41) is 0. The van der Waals surface area contributed by atoms with Crippen molar-refractivity contribution in [1.82, 2.24) is 0 Å². The maximum atomic E-state index is 3.74. The van der Waals surface area contributed by atoms with Gasteiger partial charge in [0.15, 0.2) is 0 Å². The molecule has 48 valence electrons. The number of thioether (sulfide) groups is 1. The predicted molar refractivity (Wildman–Crippen MR) is 48.7 cm³/mol. The van der Waals surface area contributed by atoms with Gasteiger partial charge in [0.25, 0.3) is 0 Å². The van der Waals surface area contributed by atoms with Gasteiger partial charge < -0.3 is 13.5 Å². The summed E-state index contributed by atoms with van der Waals surface area (Å²) in [6, 6.07) is 0. The molecule has 1 fully saturated rings. The molecule has 0 nitrogen and oxygen atoms in total. The van der Waals surface area contributed by atoms with Crippen molar-refractivity contribution in [3.63, 3.8) is 0 Å². The molecule has 0 saturated carbocycles. The fraction of sp³-hybridized carbons (Fsp3) is 0.333. The summed E-state index contributed by atoms with van der Waals surface area (Å²) >= 11 is 1.93. The van der Waals surface area contributed by atoms with E-state index in [9.17, 15) is 0 Å². The summed E-state index contributed by atoms with van der Waals surface area (Å²) in [5.41, 5.74) is 0. The van der Waals surface area contributed by atoms with Crippen molar-refractivity contribution >= 4 is 46.4 Å². The van der Waals surface area contributed by atoms with E-state index in [1.807, 2.05) is 11.8 Å². The second kappa shape index (κ2) is 4.74. The first kappa shape index (κ1) is 9.98. The van der Waals surface area contributed by atoms with E-state index in [-0.39, 0.29) is 34.6 Å². The molecule has 0 amide bonds. The second-order valence-corrected chi connectivity index (χ2v) is 9.79. The van der Waals surface area contributed by atoms with Crippen molar-refractivity contribution < 1.29 is 0 Å². The molecule has 1 aliphatic heterocycles. The molecule has 2 atom stereocenters. The molecule has 0 radical (unpaired) electrons. The molecule has 9 heavy (non-hydrogen) atoms. The zero-order chi connectivity index (χ0) is 5.98. The standard InChI is InChI=1S/C6H8S.S.Sn/c1-3-5-7-6-4-2;;/h3-6H,1-2H2;;/q;-2;+2. The van der Waals surface area contributed by atoms with Gasteiger partial charge in [0.2, 0.25) is 0 Å². The van der Waals surface area contributed by atoms with Gasteiger partial charge in [-0.3, -0.25) is 0 Å². The van der Waals surface area contributed by atoms with Crippen LogP contribution >= 0.6 is 11.8 Å². The van der Waals surface area contributed by atoms with Crippen molar-refractivity contribution in [2.75, 3.05) is 0 Å². The van der Waals surface area contributed by atoms with Crippen LogP contribution in [0.4, 0.5) is 0 Å². The number of rotatable bonds is 2. The van der Waals surface area contributed by atoms with Crippen LogP contribution in [0.25, 0.3) is 0 Å². The van der Waals surface area contributed by atoms with Crippen molar-refractivity contribution in [3.8, 4) is 0 Å². The fourth-order valence-corrected chi connectivity index (χ4v) is 6.29. The summed E-state index contributed by atoms with van der Waals surface area (Å²) in [6.07, 6.45) is 4.16. The largest absolute Gasteiger partial charge is 2.00 e. The van der Waals surface area contributed by atoms with E-state index in [0.29, 0.717) is 0 Å². The van der Waals surface area contributed by atoms with Gasteiger partial charge in [-0.25, -0.2) is 0 Å². The van der Waals surface area contributed by atoms with Gasteiger partial charge in [-0.15, -0.1) is 0 Å². The summed E-state index contributed by atoms with van der Waals surface area (Å²) < 4.78 is 1.75. The van der Waals surface area contributed by atoms with Crippen LogP contribution in [0.15, 0.2) is 25.3 Å². The summed E-state index contributed by atoms with van der Waals surface area (Å²) in [7, 11) is 0. The molecule has 0 aromatic rings. The third-order valence-corrected chi connectivity index (χ3v) is 9.40. The van der Waals surface area contributed by atoms with Crippen molar-refractivity contribution in [2.24, 2.45) is 0 Å². The monoisotopic (exact) mass is 264 g/mol. The molecule has 0 aromatic heterocycles. The minimum Gasteiger partial charge on any atom is -2.00 e. The quantitative estimate of drug-likeness (QED) is 0.537. The molecular weight excluding hydrogens is 255 g/mol. The van der Waals surface area contributed by atoms with Crippen LogP contribution in [-0.2, 0) is 13.5 Å². The van der Waals surface area contributed by atoms with Crippen molar-refractivity contribution in [3.05, 3.63) is 25.3 Å². The predicted octanol–water partition coefficient (Wildman–Crippen LogP) is 1.46. The molecule has 0 bridgehead atoms. The molecule has 1 aliphatic rings. The van der Waals surface area contributed by atoms with E-state index >= 15 is 0 Å². The molecule has 3 heteroatoms. The van der Waals surface area contributed by atoms with Gasteiger partial charge >= 0.3 is 64.7 Å². The van der Waals surface area contributed by atoms with E-state index in [1.165, 1.54) is 0 Å². The van der Waals surface area contributed by atoms with Crippen LogP contribution in [0, 0.1) is 0 Å². The minimum absolute atomic E-state index is 0. The zero-order valence-electron chi connectivity index (χ0n) is 5.04. The summed E-state index contributed by atoms with van der Waals surface area (Å²) in [6.45, 7) is 7.48. The Labute approximate surface area is 77.8 Å². The number of hydrogen-bond acceptors (Lipinski definition) is 1. The Morgan fingerprint density at radius 3 is 1.78 bits per heavy atom. The first-order valence-electron chi connectivity index (χ1n) is 2.53. The van der Waals surface area contributed by atoms with E-state index in [2.05, 4.69) is 25.3 Å². The maximum absolute atomic E-state index is 3.74. The third kappa shape index (κ3) is 2.60. The Balaban J connectivity index is 0.000000640. The second-order valence-electron chi connectivity index (χ2n) is 1.62. The van der Waals surface area contributed by atoms with Gasteiger partial charge in [-0.2, -0.15) is 0 Å². The molecule has 1 saturated heterocycles. The molecule has 1 heterocycles. The van der Waals surface area contributed by atoms with Gasteiger partial charge in [0.1, 0.15) is 0 Å². The van der Waals surface area contributed by atoms with Gasteiger partial charge in [-0.1, -0.05) is 0 Å². The SMILES string of the molecule is C=C[CH]1S[CH](C=C)[Sn+2]1.[S-2]. The van der Waals surface area contributed by atoms with Crippen LogP contribution in [0.3, 0.4) is 0 Å². The Bertz CT molecular complexity index is 95.6. The maximum Gasteiger partial charge on any atom is -2.00 e. The third-order valence-electron chi connectivity index (χ3n) is 1.05. The van der Waals surface area contributed by atoms with Crippen LogP contribution < -0.4 is 0 Å². The number of hydrogen-bond donors (Lipinski definition) is 0. The molecule has 0 N–H and O–H groups in total. The van der Waals surface area contributed by atoms with E-state index in [1.54, 1.807) is 0 Å². The van der Waals surface area contributed by atoms with Crippen molar-refractivity contribution in [2.45, 2.75) is 6.53 Å². The van der Waals surface area contributed by atoms with Crippen LogP contribution in [0.2, 0.25) is 0 Å². The first-order chi connectivity index (χ1) is 3.86. The van der Waals surface area contributed by atoms with E-state index < -0.39 is 0 Å². The Morgan fingerprint density at radius 1 is 1.22 bits per heavy atom. The normalized spacial score (nSPS) is 29.8. The Morgan fingerprint density at radius 2 is 1.56 bits per heavy atom. The average molecular weight is 263 g/mol. The molecule has 0 aromatic carbocycles. The molecule has 2 unspecified atom stereocenters. The van der Waals surface area contributed by atoms with E-state index in [0.717, 1.165) is 6.53 Å². The first-order valence-corrected chi connectivity index (χ1v) is 6.77. The van der Waals surface area contributed by atoms with Crippen molar-refractivity contribution in [1.29, 1.82) is 0 Å².